The molecule has 0 aliphatic rings. The molecule has 96 valence electrons. The summed E-state index contributed by atoms with van der Waals surface area (Å²) < 4.78 is 21.6. The van der Waals surface area contributed by atoms with E-state index >= 15 is 0 Å². The summed E-state index contributed by atoms with van der Waals surface area (Å²) in [5.74, 6) is -0.148. The largest absolute Gasteiger partial charge is 0.385 e. The van der Waals surface area contributed by atoms with Gasteiger partial charge >= 0.3 is 0 Å². The van der Waals surface area contributed by atoms with Gasteiger partial charge in [0.05, 0.1) is 5.75 Å². The minimum absolute atomic E-state index is 0.148. The van der Waals surface area contributed by atoms with Crippen LogP contribution in [0.5, 0.6) is 0 Å². The van der Waals surface area contributed by atoms with Crippen molar-refractivity contribution in [3.05, 3.63) is 35.4 Å². The number of hydrogen-bond donors (Lipinski definition) is 1. The number of benzene rings is 1. The van der Waals surface area contributed by atoms with E-state index in [-0.39, 0.29) is 5.75 Å². The number of hydrogen-bond acceptors (Lipinski definition) is 3. The summed E-state index contributed by atoms with van der Waals surface area (Å²) in [5.41, 5.74) is 1.48. The van der Waals surface area contributed by atoms with Crippen molar-refractivity contribution in [2.45, 2.75) is 23.1 Å². The first-order valence-corrected chi connectivity index (χ1v) is 7.89. The van der Waals surface area contributed by atoms with E-state index in [0.29, 0.717) is 5.56 Å². The van der Waals surface area contributed by atoms with E-state index in [4.69, 9.17) is 11.6 Å². The summed E-state index contributed by atoms with van der Waals surface area (Å²) in [6.45, 7) is 3.39. The fourth-order valence-corrected chi connectivity index (χ4v) is 3.57. The zero-order valence-electron chi connectivity index (χ0n) is 9.52. The Balaban J connectivity index is 3.12. The van der Waals surface area contributed by atoms with E-state index in [1.165, 1.54) is 6.92 Å². The Morgan fingerprint density at radius 3 is 2.29 bits per heavy atom. The Morgan fingerprint density at radius 1 is 1.41 bits per heavy atom. The molecule has 0 aliphatic carbocycles. The molecule has 6 heteroatoms. The molecular weight excluding hydrogens is 328 g/mol. The van der Waals surface area contributed by atoms with Gasteiger partial charge in [0.1, 0.15) is 6.10 Å². The number of aryl methyl sites for hydroxylation is 1. The molecule has 2 atom stereocenters. The number of rotatable bonds is 4. The minimum atomic E-state index is -3.62. The van der Waals surface area contributed by atoms with Crippen molar-refractivity contribution in [3.8, 4) is 0 Å². The Labute approximate surface area is 115 Å². The van der Waals surface area contributed by atoms with Gasteiger partial charge in [0.15, 0.2) is 9.84 Å². The topological polar surface area (TPSA) is 54.4 Å². The van der Waals surface area contributed by atoms with Crippen LogP contribution in [0, 0.1) is 6.92 Å². The molecule has 0 heterocycles. The van der Waals surface area contributed by atoms with Crippen molar-refractivity contribution in [2.75, 3.05) is 5.75 Å². The lowest BCUT2D eigenvalue weighted by Gasteiger charge is -2.25. The lowest BCUT2D eigenvalue weighted by Crippen LogP contribution is -2.34. The van der Waals surface area contributed by atoms with Crippen molar-refractivity contribution in [1.29, 1.82) is 0 Å². The molecule has 1 aromatic carbocycles. The Hall–Kier alpha value is -0.100. The van der Waals surface area contributed by atoms with E-state index in [9.17, 15) is 13.5 Å². The van der Waals surface area contributed by atoms with Crippen LogP contribution in [0.3, 0.4) is 0 Å². The fourth-order valence-electron chi connectivity index (χ4n) is 1.31. The van der Waals surface area contributed by atoms with Crippen LogP contribution >= 0.6 is 27.5 Å². The molecule has 0 amide bonds. The van der Waals surface area contributed by atoms with Gasteiger partial charge in [-0.2, -0.15) is 0 Å². The van der Waals surface area contributed by atoms with E-state index < -0.39 is 19.1 Å². The molecule has 3 nitrogen and oxygen atoms in total. The molecule has 1 N–H and O–H groups in total. The lowest BCUT2D eigenvalue weighted by molar-refractivity contribution is 0.185. The quantitative estimate of drug-likeness (QED) is 0.857. The second kappa shape index (κ2) is 5.26. The van der Waals surface area contributed by atoms with Gasteiger partial charge in [-0.25, -0.2) is 8.42 Å². The predicted molar refractivity (Wildman–Crippen MR) is 73.1 cm³/mol. The average molecular weight is 342 g/mol. The average Bonchev–Trinajstić information content (AvgIpc) is 2.28. The van der Waals surface area contributed by atoms with Crippen LogP contribution in [-0.4, -0.2) is 22.4 Å². The summed E-state index contributed by atoms with van der Waals surface area (Å²) >= 11 is 8.84. The first-order chi connectivity index (χ1) is 7.72. The maximum Gasteiger partial charge on any atom is 0.229 e. The molecule has 1 rings (SSSR count). The third-order valence-electron chi connectivity index (χ3n) is 2.51. The van der Waals surface area contributed by atoms with Gasteiger partial charge in [0.2, 0.25) is 3.12 Å². The van der Waals surface area contributed by atoms with E-state index in [0.717, 1.165) is 5.56 Å². The molecule has 0 saturated carbocycles. The number of halogens is 2. The van der Waals surface area contributed by atoms with Gasteiger partial charge in [0.25, 0.3) is 0 Å². The van der Waals surface area contributed by atoms with Gasteiger partial charge < -0.3 is 5.11 Å². The van der Waals surface area contributed by atoms with Crippen LogP contribution in [0.1, 0.15) is 24.2 Å². The number of sulfone groups is 1. The zero-order chi connectivity index (χ0) is 13.3. The van der Waals surface area contributed by atoms with Crippen molar-refractivity contribution >= 4 is 37.4 Å². The standard InChI is InChI=1S/C11H14BrClO3S/c1-3-17(15,16)11(12,13)10(14)9-6-4-8(2)5-7-9/h4-7,10,14H,3H2,1-2H3/t10-,11+/m1/s1. The Morgan fingerprint density at radius 2 is 1.88 bits per heavy atom. The van der Waals surface area contributed by atoms with Crippen LogP contribution < -0.4 is 0 Å². The second-order valence-electron chi connectivity index (χ2n) is 3.78. The molecule has 0 aromatic heterocycles. The molecule has 0 unspecified atom stereocenters. The van der Waals surface area contributed by atoms with Gasteiger partial charge in [-0.15, -0.1) is 0 Å². The smallest absolute Gasteiger partial charge is 0.229 e. The molecule has 0 saturated heterocycles. The van der Waals surface area contributed by atoms with Crippen LogP contribution in [0.15, 0.2) is 24.3 Å². The molecular formula is C11H14BrClO3S. The van der Waals surface area contributed by atoms with E-state index in [2.05, 4.69) is 15.9 Å². The van der Waals surface area contributed by atoms with Gasteiger partial charge in [-0.1, -0.05) is 48.4 Å². The number of aliphatic hydroxyl groups is 1. The monoisotopic (exact) mass is 340 g/mol. The van der Waals surface area contributed by atoms with Crippen molar-refractivity contribution in [2.24, 2.45) is 0 Å². The maximum absolute atomic E-state index is 11.8. The van der Waals surface area contributed by atoms with Crippen molar-refractivity contribution in [1.82, 2.24) is 0 Å². The van der Waals surface area contributed by atoms with Gasteiger partial charge in [0, 0.05) is 0 Å². The molecule has 0 radical (unpaired) electrons. The Kier molecular flexibility index (Phi) is 4.63. The SMILES string of the molecule is CCS(=O)(=O)[C@](Cl)(Br)[C@H](O)c1ccc(C)cc1. The Bertz CT molecular complexity index is 482. The molecule has 0 bridgehead atoms. The van der Waals surface area contributed by atoms with Crippen molar-refractivity contribution in [3.63, 3.8) is 0 Å². The highest BCUT2D eigenvalue weighted by atomic mass is 79.9. The summed E-state index contributed by atoms with van der Waals surface area (Å²) in [7, 11) is -3.62. The number of alkyl halides is 2. The molecule has 0 aliphatic heterocycles. The summed E-state index contributed by atoms with van der Waals surface area (Å²) in [4.78, 5) is 0. The van der Waals surface area contributed by atoms with Crippen LogP contribution in [0.25, 0.3) is 0 Å². The summed E-state index contributed by atoms with van der Waals surface area (Å²) in [6, 6.07) is 6.89. The van der Waals surface area contributed by atoms with Gasteiger partial charge in [-0.05, 0) is 28.4 Å². The van der Waals surface area contributed by atoms with E-state index in [1.54, 1.807) is 24.3 Å². The first-order valence-electron chi connectivity index (χ1n) is 5.07. The zero-order valence-corrected chi connectivity index (χ0v) is 12.7. The van der Waals surface area contributed by atoms with Gasteiger partial charge in [-0.3, -0.25) is 0 Å². The fraction of sp³-hybridized carbons (Fsp3) is 0.455. The maximum atomic E-state index is 11.8. The third kappa shape index (κ3) is 3.02. The third-order valence-corrected chi connectivity index (χ3v) is 7.14. The highest BCUT2D eigenvalue weighted by molar-refractivity contribution is 9.12. The molecule has 0 spiro atoms. The van der Waals surface area contributed by atoms with E-state index in [1.807, 2.05) is 6.92 Å². The summed E-state index contributed by atoms with van der Waals surface area (Å²) in [5, 5.41) is 10.0. The lowest BCUT2D eigenvalue weighted by atomic mass is 10.1. The molecule has 17 heavy (non-hydrogen) atoms. The van der Waals surface area contributed by atoms with Crippen LogP contribution in [-0.2, 0) is 9.84 Å². The summed E-state index contributed by atoms with van der Waals surface area (Å²) in [6.07, 6.45) is -1.32. The second-order valence-corrected chi connectivity index (χ2v) is 9.28. The molecule has 1 aromatic rings. The highest BCUT2D eigenvalue weighted by Gasteiger charge is 2.45. The minimum Gasteiger partial charge on any atom is -0.385 e. The van der Waals surface area contributed by atoms with Crippen LogP contribution in [0.4, 0.5) is 0 Å². The van der Waals surface area contributed by atoms with Crippen molar-refractivity contribution < 1.29 is 13.5 Å². The predicted octanol–water partition coefficient (Wildman–Crippen LogP) is 2.75. The molecule has 0 fully saturated rings. The first kappa shape index (κ1) is 15.0. The number of aliphatic hydroxyl groups excluding tert-OH is 1. The van der Waals surface area contributed by atoms with Crippen LogP contribution in [0.2, 0.25) is 0 Å². The normalized spacial score (nSPS) is 17.5. The highest BCUT2D eigenvalue weighted by Crippen LogP contribution is 2.42.